The summed E-state index contributed by atoms with van der Waals surface area (Å²) in [6.45, 7) is 1.66. The van der Waals surface area contributed by atoms with Gasteiger partial charge in [-0.05, 0) is 55.0 Å². The van der Waals surface area contributed by atoms with Crippen LogP contribution in [0.4, 0.5) is 5.69 Å². The molecule has 0 heterocycles. The van der Waals surface area contributed by atoms with Gasteiger partial charge < -0.3 is 24.3 Å². The van der Waals surface area contributed by atoms with Gasteiger partial charge in [0.2, 0.25) is 0 Å². The second-order valence-electron chi connectivity index (χ2n) is 6.20. The number of nitriles is 1. The smallest absolute Gasteiger partial charge is 0.344 e. The molecule has 0 atom stereocenters. The third kappa shape index (κ3) is 6.60. The third-order valence-electron chi connectivity index (χ3n) is 4.08. The molecule has 166 valence electrons. The molecule has 0 radical (unpaired) electrons. The maximum atomic E-state index is 12.5. The zero-order chi connectivity index (χ0) is 23.5. The van der Waals surface area contributed by atoms with E-state index in [1.807, 2.05) is 6.07 Å². The molecule has 0 unspecified atom stereocenters. The Bertz CT molecular complexity index is 1050. The standard InChI is InChI=1S/C23H22N2O7/c1-4-31-21(26)14-32-19-10-5-15(12-20(19)29-2)11-17(13-24)22(27)25-18-8-6-16(7-9-18)23(28)30-3/h5-12H,4,14H2,1-3H3,(H,25,27)/b17-11+. The number of nitrogens with zero attached hydrogens (tertiary/aromatic N) is 1. The van der Waals surface area contributed by atoms with Gasteiger partial charge in [-0.1, -0.05) is 6.07 Å². The molecule has 2 rings (SSSR count). The monoisotopic (exact) mass is 438 g/mol. The van der Waals surface area contributed by atoms with E-state index >= 15 is 0 Å². The number of rotatable bonds is 9. The molecule has 0 bridgehead atoms. The van der Waals surface area contributed by atoms with Crippen LogP contribution in [0.2, 0.25) is 0 Å². The van der Waals surface area contributed by atoms with Crippen LogP contribution >= 0.6 is 0 Å². The third-order valence-corrected chi connectivity index (χ3v) is 4.08. The molecule has 1 N–H and O–H groups in total. The van der Waals surface area contributed by atoms with Gasteiger partial charge in [0.05, 0.1) is 26.4 Å². The summed E-state index contributed by atoms with van der Waals surface area (Å²) in [5, 5.41) is 12.0. The lowest BCUT2D eigenvalue weighted by molar-refractivity contribution is -0.145. The normalized spacial score (nSPS) is 10.5. The fraction of sp³-hybridized carbons (Fsp3) is 0.217. The summed E-state index contributed by atoms with van der Waals surface area (Å²) in [6.07, 6.45) is 1.38. The molecule has 0 spiro atoms. The van der Waals surface area contributed by atoms with Gasteiger partial charge in [0.1, 0.15) is 11.6 Å². The molecule has 0 aromatic heterocycles. The van der Waals surface area contributed by atoms with Crippen LogP contribution in [0.25, 0.3) is 6.08 Å². The first-order chi connectivity index (χ1) is 15.4. The van der Waals surface area contributed by atoms with E-state index in [1.54, 1.807) is 25.1 Å². The van der Waals surface area contributed by atoms with Gasteiger partial charge in [-0.15, -0.1) is 0 Å². The molecule has 2 aromatic rings. The Kier molecular flexibility index (Phi) is 8.80. The van der Waals surface area contributed by atoms with Crippen molar-refractivity contribution >= 4 is 29.6 Å². The van der Waals surface area contributed by atoms with Crippen LogP contribution in [0.5, 0.6) is 11.5 Å². The van der Waals surface area contributed by atoms with E-state index in [9.17, 15) is 19.6 Å². The van der Waals surface area contributed by atoms with E-state index in [1.165, 1.54) is 44.6 Å². The lowest BCUT2D eigenvalue weighted by Gasteiger charge is -2.11. The van der Waals surface area contributed by atoms with Crippen LogP contribution in [0.15, 0.2) is 48.0 Å². The maximum Gasteiger partial charge on any atom is 0.344 e. The molecule has 1 amide bonds. The second kappa shape index (κ2) is 11.8. The Morgan fingerprint density at radius 3 is 2.38 bits per heavy atom. The van der Waals surface area contributed by atoms with Crippen LogP contribution in [-0.4, -0.2) is 45.3 Å². The summed E-state index contributed by atoms with van der Waals surface area (Å²) in [5.74, 6) is -1.00. The number of anilines is 1. The first-order valence-electron chi connectivity index (χ1n) is 9.49. The van der Waals surface area contributed by atoms with E-state index in [-0.39, 0.29) is 18.8 Å². The molecule has 9 heteroatoms. The Balaban J connectivity index is 2.14. The predicted octanol–water partition coefficient (Wildman–Crippen LogP) is 2.97. The molecule has 2 aromatic carbocycles. The Hall–Kier alpha value is -4.32. The molecule has 0 saturated carbocycles. The number of methoxy groups -OCH3 is 2. The number of carbonyl (C=O) groups is 3. The molecule has 0 aliphatic heterocycles. The number of hydrogen-bond donors (Lipinski definition) is 1. The second-order valence-corrected chi connectivity index (χ2v) is 6.20. The van der Waals surface area contributed by atoms with Crippen molar-refractivity contribution in [2.75, 3.05) is 32.8 Å². The van der Waals surface area contributed by atoms with Gasteiger partial charge in [0.15, 0.2) is 18.1 Å². The number of hydrogen-bond acceptors (Lipinski definition) is 8. The average molecular weight is 438 g/mol. The molecular weight excluding hydrogens is 416 g/mol. The first-order valence-corrected chi connectivity index (χ1v) is 9.49. The highest BCUT2D eigenvalue weighted by Gasteiger charge is 2.13. The molecular formula is C23H22N2O7. The highest BCUT2D eigenvalue weighted by Crippen LogP contribution is 2.29. The van der Waals surface area contributed by atoms with E-state index in [2.05, 4.69) is 10.1 Å². The SMILES string of the molecule is CCOC(=O)COc1ccc(/C=C(\C#N)C(=O)Nc2ccc(C(=O)OC)cc2)cc1OC. The number of benzene rings is 2. The van der Waals surface area contributed by atoms with Crippen LogP contribution in [-0.2, 0) is 19.1 Å². The van der Waals surface area contributed by atoms with Crippen molar-refractivity contribution in [3.8, 4) is 17.6 Å². The van der Waals surface area contributed by atoms with Crippen LogP contribution in [0, 0.1) is 11.3 Å². The number of nitrogens with one attached hydrogen (secondary N) is 1. The largest absolute Gasteiger partial charge is 0.493 e. The fourth-order valence-corrected chi connectivity index (χ4v) is 2.55. The first kappa shape index (κ1) is 24.0. The summed E-state index contributed by atoms with van der Waals surface area (Å²) in [5.41, 5.74) is 1.10. The fourth-order valence-electron chi connectivity index (χ4n) is 2.55. The van der Waals surface area contributed by atoms with Crippen molar-refractivity contribution in [1.82, 2.24) is 0 Å². The number of amides is 1. The molecule has 32 heavy (non-hydrogen) atoms. The van der Waals surface area contributed by atoms with Gasteiger partial charge in [0, 0.05) is 5.69 Å². The number of carbonyl (C=O) groups excluding carboxylic acids is 3. The van der Waals surface area contributed by atoms with Gasteiger partial charge in [-0.3, -0.25) is 4.79 Å². The number of ether oxygens (including phenoxy) is 4. The van der Waals surface area contributed by atoms with Crippen LogP contribution in [0.3, 0.4) is 0 Å². The van der Waals surface area contributed by atoms with Gasteiger partial charge in [-0.25, -0.2) is 9.59 Å². The van der Waals surface area contributed by atoms with E-state index in [4.69, 9.17) is 14.2 Å². The molecule has 0 aliphatic rings. The molecule has 0 aliphatic carbocycles. The quantitative estimate of drug-likeness (QED) is 0.360. The van der Waals surface area contributed by atoms with E-state index < -0.39 is 17.8 Å². The highest BCUT2D eigenvalue weighted by molar-refractivity contribution is 6.09. The van der Waals surface area contributed by atoms with E-state index in [0.29, 0.717) is 28.3 Å². The summed E-state index contributed by atoms with van der Waals surface area (Å²) in [6, 6.07) is 12.6. The van der Waals surface area contributed by atoms with Gasteiger partial charge in [0.25, 0.3) is 5.91 Å². The van der Waals surface area contributed by atoms with Gasteiger partial charge >= 0.3 is 11.9 Å². The molecule has 0 saturated heterocycles. The Morgan fingerprint density at radius 1 is 1.06 bits per heavy atom. The van der Waals surface area contributed by atoms with Crippen molar-refractivity contribution < 1.29 is 33.3 Å². The zero-order valence-electron chi connectivity index (χ0n) is 17.8. The minimum Gasteiger partial charge on any atom is -0.493 e. The minimum absolute atomic E-state index is 0.149. The van der Waals surface area contributed by atoms with Crippen molar-refractivity contribution in [2.24, 2.45) is 0 Å². The Morgan fingerprint density at radius 2 is 1.78 bits per heavy atom. The van der Waals surface area contributed by atoms with Crippen molar-refractivity contribution in [1.29, 1.82) is 5.26 Å². The summed E-state index contributed by atoms with van der Waals surface area (Å²) < 4.78 is 20.1. The Labute approximate surface area is 185 Å². The van der Waals surface area contributed by atoms with Gasteiger partial charge in [-0.2, -0.15) is 5.26 Å². The van der Waals surface area contributed by atoms with Crippen LogP contribution < -0.4 is 14.8 Å². The minimum atomic E-state index is -0.625. The van der Waals surface area contributed by atoms with Crippen molar-refractivity contribution in [2.45, 2.75) is 6.92 Å². The summed E-state index contributed by atoms with van der Waals surface area (Å²) in [4.78, 5) is 35.4. The lowest BCUT2D eigenvalue weighted by Crippen LogP contribution is -2.15. The lowest BCUT2D eigenvalue weighted by atomic mass is 10.1. The maximum absolute atomic E-state index is 12.5. The predicted molar refractivity (Wildman–Crippen MR) is 115 cm³/mol. The summed E-state index contributed by atoms with van der Waals surface area (Å²) in [7, 11) is 2.70. The van der Waals surface area contributed by atoms with Crippen LogP contribution in [0.1, 0.15) is 22.8 Å². The van der Waals surface area contributed by atoms with Crippen molar-refractivity contribution in [3.63, 3.8) is 0 Å². The van der Waals surface area contributed by atoms with E-state index in [0.717, 1.165) is 0 Å². The number of esters is 2. The highest BCUT2D eigenvalue weighted by atomic mass is 16.6. The zero-order valence-corrected chi connectivity index (χ0v) is 17.8. The summed E-state index contributed by atoms with van der Waals surface area (Å²) >= 11 is 0. The molecule has 0 fully saturated rings. The molecule has 9 nitrogen and oxygen atoms in total. The topological polar surface area (TPSA) is 124 Å². The van der Waals surface area contributed by atoms with Crippen molar-refractivity contribution in [3.05, 3.63) is 59.2 Å². The average Bonchev–Trinajstić information content (AvgIpc) is 2.81.